The zero-order valence-electron chi connectivity index (χ0n) is 14.0. The number of ether oxygens (including phenoxy) is 1. The van der Waals surface area contributed by atoms with E-state index in [0.29, 0.717) is 37.2 Å². The summed E-state index contributed by atoms with van der Waals surface area (Å²) in [5, 5.41) is 2.99. The highest BCUT2D eigenvalue weighted by atomic mass is 16.6. The fourth-order valence-electron chi connectivity index (χ4n) is 2.50. The lowest BCUT2D eigenvalue weighted by Gasteiger charge is -2.33. The van der Waals surface area contributed by atoms with E-state index in [1.807, 2.05) is 20.8 Å². The SMILES string of the molecule is CC(C)(C)OC(=O)N1CCC(NC(=O)c2ccccc2N)CC1. The van der Waals surface area contributed by atoms with E-state index < -0.39 is 5.60 Å². The molecule has 0 unspecified atom stereocenters. The van der Waals surface area contributed by atoms with E-state index in [0.717, 1.165) is 0 Å². The molecule has 126 valence electrons. The van der Waals surface area contributed by atoms with Gasteiger partial charge in [0.25, 0.3) is 5.91 Å². The van der Waals surface area contributed by atoms with Gasteiger partial charge in [0.05, 0.1) is 5.56 Å². The van der Waals surface area contributed by atoms with Gasteiger partial charge in [0.1, 0.15) is 5.60 Å². The number of nitrogens with zero attached hydrogens (tertiary/aromatic N) is 1. The number of nitrogens with one attached hydrogen (secondary N) is 1. The van der Waals surface area contributed by atoms with E-state index in [1.165, 1.54) is 0 Å². The first-order valence-electron chi connectivity index (χ1n) is 7.89. The molecule has 0 saturated carbocycles. The first kappa shape index (κ1) is 17.1. The zero-order chi connectivity index (χ0) is 17.0. The Hall–Kier alpha value is -2.24. The highest BCUT2D eigenvalue weighted by Crippen LogP contribution is 2.17. The third-order valence-electron chi connectivity index (χ3n) is 3.69. The van der Waals surface area contributed by atoms with Crippen LogP contribution >= 0.6 is 0 Å². The number of likely N-dealkylation sites (tertiary alicyclic amines) is 1. The minimum atomic E-state index is -0.493. The van der Waals surface area contributed by atoms with Crippen LogP contribution in [0.25, 0.3) is 0 Å². The molecule has 0 bridgehead atoms. The molecule has 1 aromatic carbocycles. The molecular weight excluding hydrogens is 294 g/mol. The first-order valence-corrected chi connectivity index (χ1v) is 7.89. The Morgan fingerprint density at radius 2 is 1.83 bits per heavy atom. The standard InChI is InChI=1S/C17H25N3O3/c1-17(2,3)23-16(22)20-10-8-12(9-11-20)19-15(21)13-6-4-5-7-14(13)18/h4-7,12H,8-11,18H2,1-3H3,(H,19,21). The molecule has 1 aliphatic heterocycles. The second-order valence-corrected chi connectivity index (χ2v) is 6.80. The first-order chi connectivity index (χ1) is 10.8. The predicted molar refractivity (Wildman–Crippen MR) is 89.1 cm³/mol. The highest BCUT2D eigenvalue weighted by molar-refractivity contribution is 5.99. The third-order valence-corrected chi connectivity index (χ3v) is 3.69. The number of hydrogen-bond acceptors (Lipinski definition) is 4. The van der Waals surface area contributed by atoms with Crippen molar-refractivity contribution in [2.45, 2.75) is 45.3 Å². The Morgan fingerprint density at radius 1 is 1.22 bits per heavy atom. The van der Waals surface area contributed by atoms with Gasteiger partial charge in [-0.05, 0) is 45.7 Å². The molecule has 1 saturated heterocycles. The second kappa shape index (κ2) is 6.89. The number of carbonyl (C=O) groups is 2. The number of carbonyl (C=O) groups excluding carboxylic acids is 2. The quantitative estimate of drug-likeness (QED) is 0.820. The summed E-state index contributed by atoms with van der Waals surface area (Å²) in [4.78, 5) is 25.9. The number of amides is 2. The normalized spacial score (nSPS) is 16.0. The van der Waals surface area contributed by atoms with E-state index in [9.17, 15) is 9.59 Å². The molecule has 0 spiro atoms. The van der Waals surface area contributed by atoms with Gasteiger partial charge in [-0.25, -0.2) is 4.79 Å². The van der Waals surface area contributed by atoms with Crippen molar-refractivity contribution >= 4 is 17.7 Å². The average Bonchev–Trinajstić information content (AvgIpc) is 2.46. The van der Waals surface area contributed by atoms with Crippen LogP contribution in [0.4, 0.5) is 10.5 Å². The lowest BCUT2D eigenvalue weighted by atomic mass is 10.0. The molecule has 1 heterocycles. The Kier molecular flexibility index (Phi) is 5.13. The monoisotopic (exact) mass is 319 g/mol. The topological polar surface area (TPSA) is 84.7 Å². The van der Waals surface area contributed by atoms with Crippen molar-refractivity contribution in [1.29, 1.82) is 0 Å². The molecule has 1 fully saturated rings. The molecule has 0 atom stereocenters. The fourth-order valence-corrected chi connectivity index (χ4v) is 2.50. The fraction of sp³-hybridized carbons (Fsp3) is 0.529. The van der Waals surface area contributed by atoms with E-state index in [2.05, 4.69) is 5.32 Å². The molecular formula is C17H25N3O3. The average molecular weight is 319 g/mol. The maximum atomic E-state index is 12.2. The lowest BCUT2D eigenvalue weighted by Crippen LogP contribution is -2.47. The molecule has 1 aromatic rings. The number of hydrogen-bond donors (Lipinski definition) is 2. The maximum Gasteiger partial charge on any atom is 0.410 e. The van der Waals surface area contributed by atoms with Crippen LogP contribution in [0, 0.1) is 0 Å². The summed E-state index contributed by atoms with van der Waals surface area (Å²) in [5.41, 5.74) is 6.28. The van der Waals surface area contributed by atoms with Gasteiger partial charge in [-0.1, -0.05) is 12.1 Å². The van der Waals surface area contributed by atoms with Crippen molar-refractivity contribution in [3.05, 3.63) is 29.8 Å². The minimum absolute atomic E-state index is 0.0424. The number of anilines is 1. The van der Waals surface area contributed by atoms with Gasteiger partial charge >= 0.3 is 6.09 Å². The summed E-state index contributed by atoms with van der Waals surface area (Å²) in [6.45, 7) is 6.70. The van der Waals surface area contributed by atoms with Crippen molar-refractivity contribution in [3.8, 4) is 0 Å². The maximum absolute atomic E-state index is 12.2. The van der Waals surface area contributed by atoms with Crippen molar-refractivity contribution in [3.63, 3.8) is 0 Å². The Morgan fingerprint density at radius 3 is 2.39 bits per heavy atom. The number of nitrogens with two attached hydrogens (primary N) is 1. The molecule has 1 aliphatic rings. The van der Waals surface area contributed by atoms with Crippen LogP contribution in [-0.2, 0) is 4.74 Å². The Bertz CT molecular complexity index is 573. The summed E-state index contributed by atoms with van der Waals surface area (Å²) >= 11 is 0. The number of nitrogen functional groups attached to an aromatic ring is 1. The van der Waals surface area contributed by atoms with Gasteiger partial charge < -0.3 is 20.7 Å². The summed E-state index contributed by atoms with van der Waals surface area (Å²) in [6, 6.07) is 7.04. The van der Waals surface area contributed by atoms with E-state index in [1.54, 1.807) is 29.2 Å². The molecule has 6 heteroatoms. The van der Waals surface area contributed by atoms with Crippen molar-refractivity contribution in [2.75, 3.05) is 18.8 Å². The van der Waals surface area contributed by atoms with Gasteiger partial charge in [-0.3, -0.25) is 4.79 Å². The van der Waals surface area contributed by atoms with Crippen LogP contribution < -0.4 is 11.1 Å². The van der Waals surface area contributed by atoms with E-state index in [-0.39, 0.29) is 18.0 Å². The third kappa shape index (κ3) is 4.87. The number of piperidine rings is 1. The summed E-state index contributed by atoms with van der Waals surface area (Å²) < 4.78 is 5.36. The second-order valence-electron chi connectivity index (χ2n) is 6.80. The van der Waals surface area contributed by atoms with Crippen molar-refractivity contribution < 1.29 is 14.3 Å². The van der Waals surface area contributed by atoms with Crippen LogP contribution in [0.2, 0.25) is 0 Å². The summed E-state index contributed by atoms with van der Waals surface area (Å²) in [7, 11) is 0. The predicted octanol–water partition coefficient (Wildman–Crippen LogP) is 2.40. The molecule has 0 radical (unpaired) electrons. The molecule has 6 nitrogen and oxygen atoms in total. The molecule has 2 amide bonds. The van der Waals surface area contributed by atoms with Crippen molar-refractivity contribution in [2.24, 2.45) is 0 Å². The molecule has 0 aliphatic carbocycles. The van der Waals surface area contributed by atoms with Crippen LogP contribution in [0.3, 0.4) is 0 Å². The van der Waals surface area contributed by atoms with Gasteiger partial charge in [-0.2, -0.15) is 0 Å². The lowest BCUT2D eigenvalue weighted by molar-refractivity contribution is 0.0200. The molecule has 3 N–H and O–H groups in total. The molecule has 2 rings (SSSR count). The summed E-state index contributed by atoms with van der Waals surface area (Å²) in [6.07, 6.45) is 1.12. The number of para-hydroxylation sites is 1. The van der Waals surface area contributed by atoms with Crippen LogP contribution in [0.5, 0.6) is 0 Å². The smallest absolute Gasteiger partial charge is 0.410 e. The highest BCUT2D eigenvalue weighted by Gasteiger charge is 2.27. The minimum Gasteiger partial charge on any atom is -0.444 e. The largest absolute Gasteiger partial charge is 0.444 e. The van der Waals surface area contributed by atoms with Crippen LogP contribution in [0.1, 0.15) is 44.0 Å². The number of rotatable bonds is 2. The molecule has 0 aromatic heterocycles. The molecule has 23 heavy (non-hydrogen) atoms. The van der Waals surface area contributed by atoms with E-state index >= 15 is 0 Å². The van der Waals surface area contributed by atoms with Crippen molar-refractivity contribution in [1.82, 2.24) is 10.2 Å². The van der Waals surface area contributed by atoms with Gasteiger partial charge in [-0.15, -0.1) is 0 Å². The zero-order valence-corrected chi connectivity index (χ0v) is 14.0. The van der Waals surface area contributed by atoms with E-state index in [4.69, 9.17) is 10.5 Å². The number of benzene rings is 1. The van der Waals surface area contributed by atoms with Gasteiger partial charge in [0.2, 0.25) is 0 Å². The summed E-state index contributed by atoms with van der Waals surface area (Å²) in [5.74, 6) is -0.168. The Labute approximate surface area is 137 Å². The van der Waals surface area contributed by atoms with Gasteiger partial charge in [0.15, 0.2) is 0 Å². The van der Waals surface area contributed by atoms with Gasteiger partial charge in [0, 0.05) is 24.8 Å². The van der Waals surface area contributed by atoms with Crippen LogP contribution in [0.15, 0.2) is 24.3 Å². The van der Waals surface area contributed by atoms with Crippen LogP contribution in [-0.4, -0.2) is 41.6 Å². The Balaban J connectivity index is 1.84.